The highest BCUT2D eigenvalue weighted by molar-refractivity contribution is 7.93. The Balaban J connectivity index is 2.85. The van der Waals surface area contributed by atoms with Gasteiger partial charge < -0.3 is 4.74 Å². The Morgan fingerprint density at radius 3 is 2.47 bits per heavy atom. The number of nitrogens with one attached hydrogen (secondary N) is 1. The topological polar surface area (TPSA) is 84.8 Å². The van der Waals surface area contributed by atoms with Crippen molar-refractivity contribution >= 4 is 19.8 Å². The van der Waals surface area contributed by atoms with Crippen LogP contribution in [0, 0.1) is 0 Å². The summed E-state index contributed by atoms with van der Waals surface area (Å²) < 4.78 is 46.9. The van der Waals surface area contributed by atoms with E-state index in [1.54, 1.807) is 18.2 Å². The maximum Gasteiger partial charge on any atom is 0.244 e. The third kappa shape index (κ3) is 4.48. The summed E-state index contributed by atoms with van der Waals surface area (Å²) in [7, 11) is -3.14. The molecule has 0 saturated heterocycles. The average Bonchev–Trinajstić information content (AvgIpc) is 2.38. The second kappa shape index (κ2) is 6.36. The predicted molar refractivity (Wildman–Crippen MR) is 75.5 cm³/mol. The molecule has 1 aromatic carbocycles. The molecule has 8 heteroatoms. The Bertz CT molecular complexity index is 646. The van der Waals surface area contributed by atoms with E-state index in [-0.39, 0.29) is 22.9 Å². The van der Waals surface area contributed by atoms with Crippen LogP contribution in [0.4, 0.5) is 0 Å². The molecule has 108 valence electrons. The van der Waals surface area contributed by atoms with Crippen LogP contribution in [-0.2, 0) is 19.8 Å². The number of benzene rings is 1. The van der Waals surface area contributed by atoms with E-state index in [2.05, 4.69) is 9.08 Å². The van der Waals surface area contributed by atoms with Gasteiger partial charge in [0.05, 0.1) is 7.11 Å². The number of para-hydroxylation sites is 1. The molecule has 0 heterocycles. The van der Waals surface area contributed by atoms with Gasteiger partial charge in [0.2, 0.25) is 10.0 Å². The van der Waals surface area contributed by atoms with E-state index in [1.807, 2.05) is 0 Å². The van der Waals surface area contributed by atoms with Gasteiger partial charge in [0.15, 0.2) is 0 Å². The van der Waals surface area contributed by atoms with Gasteiger partial charge in [-0.05, 0) is 12.1 Å². The van der Waals surface area contributed by atoms with Crippen molar-refractivity contribution in [2.24, 2.45) is 4.36 Å². The van der Waals surface area contributed by atoms with Gasteiger partial charge in [-0.15, -0.1) is 0 Å². The van der Waals surface area contributed by atoms with Gasteiger partial charge in [0.25, 0.3) is 0 Å². The maximum absolute atomic E-state index is 12.1. The molecule has 19 heavy (non-hydrogen) atoms. The molecule has 1 aromatic rings. The summed E-state index contributed by atoms with van der Waals surface area (Å²) in [4.78, 5) is 0.0635. The van der Waals surface area contributed by atoms with Gasteiger partial charge in [-0.1, -0.05) is 12.1 Å². The molecule has 0 spiro atoms. The number of methoxy groups -OCH3 is 1. The van der Waals surface area contributed by atoms with Crippen LogP contribution in [0.1, 0.15) is 0 Å². The summed E-state index contributed by atoms with van der Waals surface area (Å²) in [5.41, 5.74) is 0. The second-order valence-electron chi connectivity index (χ2n) is 3.89. The Morgan fingerprint density at radius 1 is 1.26 bits per heavy atom. The van der Waals surface area contributed by atoms with E-state index >= 15 is 0 Å². The van der Waals surface area contributed by atoms with Crippen molar-refractivity contribution in [3.05, 3.63) is 24.3 Å². The fourth-order valence-corrected chi connectivity index (χ4v) is 3.37. The SMILES string of the molecule is CN=S(C)(=O)CCNS(=O)(=O)c1ccccc1OC. The summed E-state index contributed by atoms with van der Waals surface area (Å²) in [6.07, 6.45) is 1.49. The minimum absolute atomic E-state index is 0.0626. The Kier molecular flexibility index (Phi) is 5.33. The molecule has 6 nitrogen and oxygen atoms in total. The van der Waals surface area contributed by atoms with E-state index in [4.69, 9.17) is 4.74 Å². The molecule has 0 aliphatic rings. The first kappa shape index (κ1) is 15.9. The minimum Gasteiger partial charge on any atom is -0.495 e. The lowest BCUT2D eigenvalue weighted by Crippen LogP contribution is -2.29. The van der Waals surface area contributed by atoms with E-state index in [0.717, 1.165) is 0 Å². The van der Waals surface area contributed by atoms with Crippen molar-refractivity contribution in [2.75, 3.05) is 32.7 Å². The first-order valence-electron chi connectivity index (χ1n) is 5.53. The molecule has 0 bridgehead atoms. The van der Waals surface area contributed by atoms with Crippen LogP contribution in [0.2, 0.25) is 0 Å². The summed E-state index contributed by atoms with van der Waals surface area (Å²) in [5, 5.41) is 0. The van der Waals surface area contributed by atoms with Crippen LogP contribution in [-0.4, -0.2) is 45.3 Å². The standard InChI is InChI=1S/C11H18N2O4S2/c1-12-18(3,14)9-8-13-19(15,16)11-7-5-4-6-10(11)17-2/h4-7,13H,8-9H2,1-3H3. The van der Waals surface area contributed by atoms with Crippen LogP contribution < -0.4 is 9.46 Å². The molecule has 1 N–H and O–H groups in total. The summed E-state index contributed by atoms with van der Waals surface area (Å²) in [6.45, 7) is 0.0626. The van der Waals surface area contributed by atoms with Gasteiger partial charge in [-0.2, -0.15) is 0 Å². The Labute approximate surface area is 114 Å². The lowest BCUT2D eigenvalue weighted by Gasteiger charge is -2.10. The molecule has 1 unspecified atom stereocenters. The quantitative estimate of drug-likeness (QED) is 0.838. The summed E-state index contributed by atoms with van der Waals surface area (Å²) >= 11 is 0. The van der Waals surface area contributed by atoms with Crippen molar-refractivity contribution in [2.45, 2.75) is 4.90 Å². The van der Waals surface area contributed by atoms with E-state index < -0.39 is 19.8 Å². The van der Waals surface area contributed by atoms with Crippen LogP contribution >= 0.6 is 0 Å². The highest BCUT2D eigenvalue weighted by Crippen LogP contribution is 2.22. The van der Waals surface area contributed by atoms with Crippen molar-refractivity contribution in [3.8, 4) is 5.75 Å². The molecule has 1 rings (SSSR count). The number of nitrogens with zero attached hydrogens (tertiary/aromatic N) is 1. The zero-order valence-corrected chi connectivity index (χ0v) is 12.8. The third-order valence-corrected chi connectivity index (χ3v) is 5.75. The summed E-state index contributed by atoms with van der Waals surface area (Å²) in [5.74, 6) is 0.435. The molecular formula is C11H18N2O4S2. The average molecular weight is 306 g/mol. The normalized spacial score (nSPS) is 14.7. The molecule has 0 aromatic heterocycles. The molecule has 0 amide bonds. The molecule has 0 aliphatic heterocycles. The van der Waals surface area contributed by atoms with Gasteiger partial charge in [-0.3, -0.25) is 4.21 Å². The van der Waals surface area contributed by atoms with Crippen molar-refractivity contribution < 1.29 is 17.4 Å². The predicted octanol–water partition coefficient (Wildman–Crippen LogP) is 0.701. The fourth-order valence-electron chi connectivity index (χ4n) is 1.38. The monoisotopic (exact) mass is 306 g/mol. The van der Waals surface area contributed by atoms with Crippen LogP contribution in [0.25, 0.3) is 0 Å². The lowest BCUT2D eigenvalue weighted by atomic mass is 10.3. The summed E-state index contributed by atoms with van der Waals surface area (Å²) in [6, 6.07) is 6.32. The lowest BCUT2D eigenvalue weighted by molar-refractivity contribution is 0.402. The van der Waals surface area contributed by atoms with Crippen molar-refractivity contribution in [1.29, 1.82) is 0 Å². The third-order valence-electron chi connectivity index (χ3n) is 2.52. The van der Waals surface area contributed by atoms with Crippen LogP contribution in [0.5, 0.6) is 5.75 Å². The number of sulfonamides is 1. The molecule has 0 radical (unpaired) electrons. The van der Waals surface area contributed by atoms with Gasteiger partial charge in [0, 0.05) is 35.3 Å². The van der Waals surface area contributed by atoms with Gasteiger partial charge in [-0.25, -0.2) is 17.5 Å². The first-order chi connectivity index (χ1) is 8.82. The number of hydrogen-bond acceptors (Lipinski definition) is 5. The number of hydrogen-bond donors (Lipinski definition) is 1. The molecule has 0 fully saturated rings. The fraction of sp³-hybridized carbons (Fsp3) is 0.455. The Hall–Kier alpha value is -1.12. The van der Waals surface area contributed by atoms with Crippen molar-refractivity contribution in [3.63, 3.8) is 0 Å². The van der Waals surface area contributed by atoms with Crippen LogP contribution in [0.15, 0.2) is 33.5 Å². The molecule has 0 saturated carbocycles. The first-order valence-corrected chi connectivity index (χ1v) is 9.10. The second-order valence-corrected chi connectivity index (χ2v) is 8.32. The molecular weight excluding hydrogens is 288 g/mol. The van der Waals surface area contributed by atoms with E-state index in [0.29, 0.717) is 0 Å². The van der Waals surface area contributed by atoms with E-state index in [1.165, 1.54) is 26.5 Å². The number of ether oxygens (including phenoxy) is 1. The molecule has 0 aliphatic carbocycles. The van der Waals surface area contributed by atoms with Crippen LogP contribution in [0.3, 0.4) is 0 Å². The maximum atomic E-state index is 12.1. The zero-order chi connectivity index (χ0) is 14.5. The minimum atomic E-state index is -3.68. The Morgan fingerprint density at radius 2 is 1.89 bits per heavy atom. The highest BCUT2D eigenvalue weighted by Gasteiger charge is 2.18. The van der Waals surface area contributed by atoms with Gasteiger partial charge in [0.1, 0.15) is 10.6 Å². The smallest absolute Gasteiger partial charge is 0.244 e. The number of rotatable bonds is 6. The molecule has 1 atom stereocenters. The van der Waals surface area contributed by atoms with E-state index in [9.17, 15) is 12.6 Å². The van der Waals surface area contributed by atoms with Gasteiger partial charge >= 0.3 is 0 Å². The largest absolute Gasteiger partial charge is 0.495 e. The van der Waals surface area contributed by atoms with Crippen molar-refractivity contribution in [1.82, 2.24) is 4.72 Å². The highest BCUT2D eigenvalue weighted by atomic mass is 32.2. The zero-order valence-electron chi connectivity index (χ0n) is 11.1.